The van der Waals surface area contributed by atoms with Gasteiger partial charge in [0.25, 0.3) is 5.78 Å². The molecule has 0 spiro atoms. The fourth-order valence-corrected chi connectivity index (χ4v) is 4.13. The monoisotopic (exact) mass is 437 g/mol. The normalized spacial score (nSPS) is 16.5. The highest BCUT2D eigenvalue weighted by atomic mass is 16.5. The maximum Gasteiger partial charge on any atom is 0.337 e. The van der Waals surface area contributed by atoms with E-state index in [0.29, 0.717) is 34.6 Å². The molecule has 1 fully saturated rings. The van der Waals surface area contributed by atoms with E-state index in [-0.39, 0.29) is 0 Å². The Morgan fingerprint density at radius 1 is 1.16 bits per heavy atom. The number of benzene rings is 1. The summed E-state index contributed by atoms with van der Waals surface area (Å²) in [4.78, 5) is 23.9. The van der Waals surface area contributed by atoms with Crippen molar-refractivity contribution < 1.29 is 14.6 Å². The lowest BCUT2D eigenvalue weighted by atomic mass is 9.98. The van der Waals surface area contributed by atoms with E-state index < -0.39 is 17.7 Å². The number of hydrogen-bond acceptors (Lipinski definition) is 6. The lowest BCUT2D eigenvalue weighted by Crippen LogP contribution is -2.37. The average Bonchev–Trinajstić information content (AvgIpc) is 3.15. The van der Waals surface area contributed by atoms with E-state index in [2.05, 4.69) is 21.8 Å². The number of carboxylic acid groups (broad SMARTS) is 1. The standard InChI is InChI=1S/C24H31N5O3/c1-15-11-13-28(14-12-15)21-18(19(22(30)31)32-24(3,4)5)16(2)25-23-26-20(27-29(21)23)17-9-7-6-8-10-17/h6-10,15,19H,11-14H2,1-5H3,(H,30,31). The smallest absolute Gasteiger partial charge is 0.337 e. The van der Waals surface area contributed by atoms with E-state index >= 15 is 0 Å². The van der Waals surface area contributed by atoms with Crippen molar-refractivity contribution in [2.75, 3.05) is 18.0 Å². The number of aromatic nitrogens is 4. The Bertz CT molecular complexity index is 1110. The van der Waals surface area contributed by atoms with Gasteiger partial charge in [-0.3, -0.25) is 0 Å². The van der Waals surface area contributed by atoms with Crippen molar-refractivity contribution in [3.05, 3.63) is 41.6 Å². The second-order valence-electron chi connectivity index (χ2n) is 9.57. The molecule has 0 aliphatic carbocycles. The van der Waals surface area contributed by atoms with Crippen LogP contribution in [0.1, 0.15) is 57.9 Å². The summed E-state index contributed by atoms with van der Waals surface area (Å²) in [6.45, 7) is 11.3. The van der Waals surface area contributed by atoms with Gasteiger partial charge in [0.15, 0.2) is 11.9 Å². The maximum absolute atomic E-state index is 12.4. The molecule has 1 aliphatic rings. The van der Waals surface area contributed by atoms with Crippen molar-refractivity contribution in [2.24, 2.45) is 5.92 Å². The van der Waals surface area contributed by atoms with Gasteiger partial charge in [0, 0.05) is 18.7 Å². The summed E-state index contributed by atoms with van der Waals surface area (Å²) >= 11 is 0. The van der Waals surface area contributed by atoms with Crippen LogP contribution < -0.4 is 4.90 Å². The average molecular weight is 438 g/mol. The molecule has 1 aromatic carbocycles. The van der Waals surface area contributed by atoms with E-state index in [4.69, 9.17) is 9.84 Å². The number of anilines is 1. The number of rotatable bonds is 5. The summed E-state index contributed by atoms with van der Waals surface area (Å²) in [5, 5.41) is 14.9. The molecule has 0 saturated carbocycles. The van der Waals surface area contributed by atoms with Gasteiger partial charge in [0.2, 0.25) is 0 Å². The Morgan fingerprint density at radius 3 is 2.41 bits per heavy atom. The Kier molecular flexibility index (Phi) is 5.90. The zero-order valence-electron chi connectivity index (χ0n) is 19.4. The van der Waals surface area contributed by atoms with Crippen LogP contribution in [-0.4, -0.2) is 49.3 Å². The van der Waals surface area contributed by atoms with Crippen molar-refractivity contribution in [3.63, 3.8) is 0 Å². The highest BCUT2D eigenvalue weighted by Gasteiger charge is 2.35. The molecule has 32 heavy (non-hydrogen) atoms. The van der Waals surface area contributed by atoms with Gasteiger partial charge in [0.1, 0.15) is 5.82 Å². The number of hydrogen-bond donors (Lipinski definition) is 1. The number of carboxylic acids is 1. The predicted molar refractivity (Wildman–Crippen MR) is 123 cm³/mol. The van der Waals surface area contributed by atoms with E-state index in [1.807, 2.05) is 58.0 Å². The number of fused-ring (bicyclic) bond motifs is 1. The molecular formula is C24H31N5O3. The third kappa shape index (κ3) is 4.46. The molecule has 1 unspecified atom stereocenters. The highest BCUT2D eigenvalue weighted by Crippen LogP contribution is 2.36. The molecule has 0 amide bonds. The van der Waals surface area contributed by atoms with Crippen LogP contribution in [0.2, 0.25) is 0 Å². The minimum absolute atomic E-state index is 0.457. The van der Waals surface area contributed by atoms with Gasteiger partial charge in [-0.25, -0.2) is 9.78 Å². The zero-order valence-corrected chi connectivity index (χ0v) is 19.4. The van der Waals surface area contributed by atoms with Gasteiger partial charge >= 0.3 is 5.97 Å². The first-order valence-electron chi connectivity index (χ1n) is 11.1. The molecule has 170 valence electrons. The molecule has 1 saturated heterocycles. The summed E-state index contributed by atoms with van der Waals surface area (Å²) in [5.41, 5.74) is 1.38. The Balaban J connectivity index is 1.94. The highest BCUT2D eigenvalue weighted by molar-refractivity contribution is 5.78. The van der Waals surface area contributed by atoms with E-state index in [0.717, 1.165) is 31.5 Å². The van der Waals surface area contributed by atoms with Crippen LogP contribution in [0.4, 0.5) is 5.82 Å². The molecule has 1 aliphatic heterocycles. The number of aryl methyl sites for hydroxylation is 1. The van der Waals surface area contributed by atoms with Gasteiger partial charge in [0.05, 0.1) is 16.9 Å². The van der Waals surface area contributed by atoms with Gasteiger partial charge in [-0.2, -0.15) is 9.50 Å². The number of piperidine rings is 1. The SMILES string of the molecule is Cc1nc2nc(-c3ccccc3)nn2c(N2CCC(C)CC2)c1C(OC(C)(C)C)C(=O)O. The molecule has 2 aromatic heterocycles. The molecule has 4 rings (SSSR count). The topological polar surface area (TPSA) is 92.9 Å². The van der Waals surface area contributed by atoms with Crippen molar-refractivity contribution in [1.29, 1.82) is 0 Å². The molecule has 1 atom stereocenters. The number of aliphatic carboxylic acids is 1. The van der Waals surface area contributed by atoms with Crippen LogP contribution in [0.5, 0.6) is 0 Å². The minimum Gasteiger partial charge on any atom is -0.479 e. The number of ether oxygens (including phenoxy) is 1. The number of carbonyl (C=O) groups is 1. The van der Waals surface area contributed by atoms with E-state index in [1.54, 1.807) is 4.52 Å². The van der Waals surface area contributed by atoms with Crippen LogP contribution in [0.15, 0.2) is 30.3 Å². The predicted octanol–water partition coefficient (Wildman–Crippen LogP) is 4.28. The van der Waals surface area contributed by atoms with Crippen LogP contribution in [-0.2, 0) is 9.53 Å². The lowest BCUT2D eigenvalue weighted by molar-refractivity contribution is -0.160. The largest absolute Gasteiger partial charge is 0.479 e. The van der Waals surface area contributed by atoms with Crippen LogP contribution in [0, 0.1) is 12.8 Å². The fraction of sp³-hybridized carbons (Fsp3) is 0.500. The molecule has 0 radical (unpaired) electrons. The molecular weight excluding hydrogens is 406 g/mol. The minimum atomic E-state index is -1.16. The molecule has 8 nitrogen and oxygen atoms in total. The summed E-state index contributed by atoms with van der Waals surface area (Å²) in [6, 6.07) is 9.73. The summed E-state index contributed by atoms with van der Waals surface area (Å²) in [6.07, 6.45) is 0.895. The molecule has 3 heterocycles. The summed E-state index contributed by atoms with van der Waals surface area (Å²) in [7, 11) is 0. The van der Waals surface area contributed by atoms with Crippen LogP contribution in [0.3, 0.4) is 0 Å². The Labute approximate surface area is 188 Å². The summed E-state index contributed by atoms with van der Waals surface area (Å²) < 4.78 is 7.73. The second kappa shape index (κ2) is 8.50. The first-order chi connectivity index (χ1) is 15.1. The molecule has 3 aromatic rings. The van der Waals surface area contributed by atoms with Crippen molar-refractivity contribution in [3.8, 4) is 11.4 Å². The van der Waals surface area contributed by atoms with Gasteiger partial charge in [-0.15, -0.1) is 5.10 Å². The number of nitrogens with zero attached hydrogens (tertiary/aromatic N) is 5. The molecule has 1 N–H and O–H groups in total. The van der Waals surface area contributed by atoms with Gasteiger partial charge < -0.3 is 14.7 Å². The molecule has 0 bridgehead atoms. The third-order valence-electron chi connectivity index (χ3n) is 5.76. The molecule has 8 heteroatoms. The fourth-order valence-electron chi connectivity index (χ4n) is 4.13. The van der Waals surface area contributed by atoms with Crippen molar-refractivity contribution in [1.82, 2.24) is 19.6 Å². The first kappa shape index (κ1) is 22.2. The Morgan fingerprint density at radius 2 is 1.81 bits per heavy atom. The lowest BCUT2D eigenvalue weighted by Gasteiger charge is -2.35. The van der Waals surface area contributed by atoms with Crippen molar-refractivity contribution >= 4 is 17.6 Å². The van der Waals surface area contributed by atoms with Crippen molar-refractivity contribution in [2.45, 2.75) is 59.2 Å². The van der Waals surface area contributed by atoms with Gasteiger partial charge in [-0.1, -0.05) is 37.3 Å². The summed E-state index contributed by atoms with van der Waals surface area (Å²) in [5.74, 6) is 1.32. The van der Waals surface area contributed by atoms with Crippen LogP contribution >= 0.6 is 0 Å². The second-order valence-corrected chi connectivity index (χ2v) is 9.57. The quantitative estimate of drug-likeness (QED) is 0.637. The van der Waals surface area contributed by atoms with Gasteiger partial charge in [-0.05, 0) is 46.5 Å². The third-order valence-corrected chi connectivity index (χ3v) is 5.76. The maximum atomic E-state index is 12.4. The van der Waals surface area contributed by atoms with Crippen LogP contribution in [0.25, 0.3) is 17.2 Å². The Hall–Kier alpha value is -3.00. The van der Waals surface area contributed by atoms with E-state index in [1.165, 1.54) is 0 Å². The first-order valence-corrected chi connectivity index (χ1v) is 11.1. The van der Waals surface area contributed by atoms with E-state index in [9.17, 15) is 9.90 Å². The zero-order chi connectivity index (χ0) is 23.0.